The lowest BCUT2D eigenvalue weighted by molar-refractivity contribution is 0.321. The highest BCUT2D eigenvalue weighted by atomic mass is 79.9. The Hall–Kier alpha value is -0.110. The molecule has 0 N–H and O–H groups in total. The standard InChI is InChI=1S/C11H17O2P.BrH/c1-3-4-8-12-14-13-11-7-5-6-10(2)9-11;/h5-7,9,14H,3-4,8H2,1-2H3;1H. The van der Waals surface area contributed by atoms with Crippen molar-refractivity contribution in [3.05, 3.63) is 29.8 Å². The molecule has 1 aromatic carbocycles. The largest absolute Gasteiger partial charge is 0.450 e. The highest BCUT2D eigenvalue weighted by Crippen LogP contribution is 2.22. The zero-order valence-corrected chi connectivity index (χ0v) is 11.9. The molecule has 1 atom stereocenters. The minimum atomic E-state index is 0. The molecule has 0 bridgehead atoms. The van der Waals surface area contributed by atoms with E-state index < -0.39 is 0 Å². The van der Waals surface area contributed by atoms with Crippen LogP contribution < -0.4 is 4.52 Å². The van der Waals surface area contributed by atoms with Crippen molar-refractivity contribution in [2.75, 3.05) is 6.61 Å². The van der Waals surface area contributed by atoms with E-state index in [-0.39, 0.29) is 26.0 Å². The highest BCUT2D eigenvalue weighted by molar-refractivity contribution is 8.93. The van der Waals surface area contributed by atoms with Crippen molar-refractivity contribution in [3.8, 4) is 5.75 Å². The van der Waals surface area contributed by atoms with E-state index in [2.05, 4.69) is 6.92 Å². The van der Waals surface area contributed by atoms with E-state index in [0.29, 0.717) is 0 Å². The predicted molar refractivity (Wildman–Crippen MR) is 71.3 cm³/mol. The van der Waals surface area contributed by atoms with Gasteiger partial charge >= 0.3 is 0 Å². The maximum absolute atomic E-state index is 5.44. The molecule has 0 aliphatic heterocycles. The molecule has 2 nitrogen and oxygen atoms in total. The van der Waals surface area contributed by atoms with Crippen molar-refractivity contribution in [3.63, 3.8) is 0 Å². The summed E-state index contributed by atoms with van der Waals surface area (Å²) < 4.78 is 10.8. The Bertz CT molecular complexity index is 269. The van der Waals surface area contributed by atoms with Gasteiger partial charge in [0, 0.05) is 0 Å². The van der Waals surface area contributed by atoms with E-state index in [4.69, 9.17) is 9.05 Å². The summed E-state index contributed by atoms with van der Waals surface area (Å²) >= 11 is 0. The average Bonchev–Trinajstić information content (AvgIpc) is 2.18. The zero-order valence-electron chi connectivity index (χ0n) is 9.16. The Labute approximate surface area is 104 Å². The van der Waals surface area contributed by atoms with E-state index in [1.165, 1.54) is 5.56 Å². The molecule has 0 saturated heterocycles. The molecule has 0 amide bonds. The van der Waals surface area contributed by atoms with Crippen LogP contribution in [0.5, 0.6) is 5.75 Å². The fourth-order valence-corrected chi connectivity index (χ4v) is 1.52. The Morgan fingerprint density at radius 3 is 2.80 bits per heavy atom. The number of hydrogen-bond donors (Lipinski definition) is 0. The normalized spacial score (nSPS) is 10.3. The summed E-state index contributed by atoms with van der Waals surface area (Å²) in [6.07, 6.45) is 2.26. The van der Waals surface area contributed by atoms with Gasteiger partial charge in [0.25, 0.3) is 0 Å². The van der Waals surface area contributed by atoms with Gasteiger partial charge in [0.15, 0.2) is 0 Å². The molecule has 1 rings (SSSR count). The Balaban J connectivity index is 0.00000196. The molecule has 0 radical (unpaired) electrons. The maximum atomic E-state index is 5.44. The number of halogens is 1. The monoisotopic (exact) mass is 292 g/mol. The summed E-state index contributed by atoms with van der Waals surface area (Å²) in [6, 6.07) is 7.99. The Kier molecular flexibility index (Phi) is 9.07. The van der Waals surface area contributed by atoms with E-state index in [0.717, 1.165) is 25.2 Å². The summed E-state index contributed by atoms with van der Waals surface area (Å²) in [7, 11) is 0.116. The number of hydrogen-bond acceptors (Lipinski definition) is 2. The van der Waals surface area contributed by atoms with Crippen LogP contribution in [0.3, 0.4) is 0 Å². The van der Waals surface area contributed by atoms with Crippen LogP contribution in [0.4, 0.5) is 0 Å². The van der Waals surface area contributed by atoms with Gasteiger partial charge in [0.05, 0.1) is 6.61 Å². The molecule has 0 saturated carbocycles. The summed E-state index contributed by atoms with van der Waals surface area (Å²) in [6.45, 7) is 4.99. The van der Waals surface area contributed by atoms with Crippen molar-refractivity contribution < 1.29 is 9.05 Å². The van der Waals surface area contributed by atoms with Gasteiger partial charge in [-0.25, -0.2) is 0 Å². The molecule has 0 fully saturated rings. The molecule has 86 valence electrons. The van der Waals surface area contributed by atoms with E-state index in [1.807, 2.05) is 31.2 Å². The second-order valence-electron chi connectivity index (χ2n) is 3.20. The number of aryl methyl sites for hydroxylation is 1. The van der Waals surface area contributed by atoms with Gasteiger partial charge in [-0.3, -0.25) is 0 Å². The molecule has 1 aromatic rings. The topological polar surface area (TPSA) is 18.5 Å². The van der Waals surface area contributed by atoms with Crippen molar-refractivity contribution in [1.82, 2.24) is 0 Å². The second kappa shape index (κ2) is 9.14. The number of benzene rings is 1. The van der Waals surface area contributed by atoms with Crippen LogP contribution in [0.2, 0.25) is 0 Å². The lowest BCUT2D eigenvalue weighted by Crippen LogP contribution is -1.86. The third-order valence-corrected chi connectivity index (χ3v) is 2.45. The Morgan fingerprint density at radius 2 is 2.13 bits per heavy atom. The highest BCUT2D eigenvalue weighted by Gasteiger charge is 1.93. The van der Waals surface area contributed by atoms with Gasteiger partial charge in [-0.1, -0.05) is 25.5 Å². The molecule has 15 heavy (non-hydrogen) atoms. The molecule has 0 heterocycles. The SMILES string of the molecule is Br.CCCCOPOc1cccc(C)c1. The van der Waals surface area contributed by atoms with Gasteiger partial charge in [-0.2, -0.15) is 0 Å². The van der Waals surface area contributed by atoms with Gasteiger partial charge in [0.2, 0.25) is 9.03 Å². The fraction of sp³-hybridized carbons (Fsp3) is 0.455. The molecule has 1 unspecified atom stereocenters. The predicted octanol–water partition coefficient (Wildman–Crippen LogP) is 4.28. The van der Waals surface area contributed by atoms with Gasteiger partial charge in [0.1, 0.15) is 5.75 Å². The first-order valence-electron chi connectivity index (χ1n) is 4.93. The summed E-state index contributed by atoms with van der Waals surface area (Å²) in [5.41, 5.74) is 1.21. The molecule has 0 aliphatic carbocycles. The van der Waals surface area contributed by atoms with Crippen LogP contribution in [-0.2, 0) is 4.52 Å². The van der Waals surface area contributed by atoms with Gasteiger partial charge in [-0.05, 0) is 31.0 Å². The molecule has 4 heteroatoms. The molecule has 0 spiro atoms. The first kappa shape index (κ1) is 14.9. The van der Waals surface area contributed by atoms with Gasteiger partial charge in [-0.15, -0.1) is 17.0 Å². The van der Waals surface area contributed by atoms with Crippen LogP contribution in [0.1, 0.15) is 25.3 Å². The first-order valence-corrected chi connectivity index (χ1v) is 5.75. The quantitative estimate of drug-likeness (QED) is 0.576. The second-order valence-corrected chi connectivity index (χ2v) is 3.86. The van der Waals surface area contributed by atoms with Crippen LogP contribution in [0.15, 0.2) is 24.3 Å². The van der Waals surface area contributed by atoms with Crippen LogP contribution in [0.25, 0.3) is 0 Å². The van der Waals surface area contributed by atoms with Crippen molar-refractivity contribution >= 4 is 26.0 Å². The molecular weight excluding hydrogens is 275 g/mol. The summed E-state index contributed by atoms with van der Waals surface area (Å²) in [5, 5.41) is 0. The zero-order chi connectivity index (χ0) is 10.2. The van der Waals surface area contributed by atoms with Gasteiger partial charge < -0.3 is 9.05 Å². The van der Waals surface area contributed by atoms with Crippen LogP contribution in [-0.4, -0.2) is 6.61 Å². The lowest BCUT2D eigenvalue weighted by atomic mass is 10.2. The van der Waals surface area contributed by atoms with E-state index in [1.54, 1.807) is 0 Å². The maximum Gasteiger partial charge on any atom is 0.215 e. The van der Waals surface area contributed by atoms with E-state index in [9.17, 15) is 0 Å². The van der Waals surface area contributed by atoms with Crippen LogP contribution in [0, 0.1) is 6.92 Å². The minimum absolute atomic E-state index is 0. The van der Waals surface area contributed by atoms with Crippen molar-refractivity contribution in [2.24, 2.45) is 0 Å². The van der Waals surface area contributed by atoms with Crippen molar-refractivity contribution in [1.29, 1.82) is 0 Å². The summed E-state index contributed by atoms with van der Waals surface area (Å²) in [5.74, 6) is 0.889. The minimum Gasteiger partial charge on any atom is -0.450 e. The Morgan fingerprint density at radius 1 is 1.33 bits per heavy atom. The molecular formula is C11H18BrO2P. The third-order valence-electron chi connectivity index (χ3n) is 1.81. The smallest absolute Gasteiger partial charge is 0.215 e. The third kappa shape index (κ3) is 6.88. The number of unbranched alkanes of at least 4 members (excludes halogenated alkanes) is 1. The summed E-state index contributed by atoms with van der Waals surface area (Å²) in [4.78, 5) is 0. The van der Waals surface area contributed by atoms with E-state index >= 15 is 0 Å². The molecule has 0 aromatic heterocycles. The van der Waals surface area contributed by atoms with Crippen LogP contribution >= 0.6 is 26.0 Å². The number of rotatable bonds is 6. The first-order chi connectivity index (χ1) is 6.83. The van der Waals surface area contributed by atoms with Crippen molar-refractivity contribution in [2.45, 2.75) is 26.7 Å². The molecule has 0 aliphatic rings. The fourth-order valence-electron chi connectivity index (χ4n) is 1.01. The lowest BCUT2D eigenvalue weighted by Gasteiger charge is -2.05. The average molecular weight is 293 g/mol.